The molecule has 1 aliphatic heterocycles. The monoisotopic (exact) mass is 336 g/mol. The summed E-state index contributed by atoms with van der Waals surface area (Å²) in [7, 11) is 0. The number of amides is 1. The van der Waals surface area contributed by atoms with Crippen LogP contribution >= 0.6 is 0 Å². The Kier molecular flexibility index (Phi) is 6.73. The van der Waals surface area contributed by atoms with Crippen molar-refractivity contribution in [2.24, 2.45) is 11.7 Å². The van der Waals surface area contributed by atoms with E-state index in [2.05, 4.69) is 0 Å². The van der Waals surface area contributed by atoms with E-state index < -0.39 is 0 Å². The molecule has 0 radical (unpaired) electrons. The maximum atomic E-state index is 12.8. The summed E-state index contributed by atoms with van der Waals surface area (Å²) in [6.07, 6.45) is 0.954. The predicted molar refractivity (Wildman–Crippen MR) is 93.0 cm³/mol. The van der Waals surface area contributed by atoms with Gasteiger partial charge < -0.3 is 24.8 Å². The molecule has 0 spiro atoms. The molecule has 0 bridgehead atoms. The first kappa shape index (κ1) is 18.4. The zero-order valence-electron chi connectivity index (χ0n) is 14.8. The van der Waals surface area contributed by atoms with Crippen LogP contribution in [0.5, 0.6) is 17.2 Å². The molecule has 1 heterocycles. The van der Waals surface area contributed by atoms with Crippen LogP contribution in [0.25, 0.3) is 0 Å². The maximum Gasteiger partial charge on any atom is 0.254 e. The minimum Gasteiger partial charge on any atom is -0.490 e. The van der Waals surface area contributed by atoms with Gasteiger partial charge >= 0.3 is 0 Å². The Morgan fingerprint density at radius 2 is 1.71 bits per heavy atom. The SMILES string of the molecule is CCOc1cc(C(=O)N2CCC(CN)C2)cc(OCC)c1OCC. The lowest BCUT2D eigenvalue weighted by Crippen LogP contribution is -2.30. The summed E-state index contributed by atoms with van der Waals surface area (Å²) in [6, 6.07) is 3.49. The van der Waals surface area contributed by atoms with Gasteiger partial charge in [0.2, 0.25) is 5.75 Å². The average Bonchev–Trinajstić information content (AvgIpc) is 3.06. The van der Waals surface area contributed by atoms with Crippen LogP contribution in [0.3, 0.4) is 0 Å². The molecule has 1 aromatic carbocycles. The second-order valence-corrected chi connectivity index (χ2v) is 5.74. The highest BCUT2D eigenvalue weighted by Gasteiger charge is 2.27. The Hall–Kier alpha value is -1.95. The third-order valence-corrected chi connectivity index (χ3v) is 4.06. The van der Waals surface area contributed by atoms with Crippen molar-refractivity contribution in [3.05, 3.63) is 17.7 Å². The van der Waals surface area contributed by atoms with E-state index in [0.717, 1.165) is 13.0 Å². The van der Waals surface area contributed by atoms with Crippen molar-refractivity contribution in [3.8, 4) is 17.2 Å². The molecule has 134 valence electrons. The van der Waals surface area contributed by atoms with Gasteiger partial charge in [-0.25, -0.2) is 0 Å². The Labute approximate surface area is 143 Å². The van der Waals surface area contributed by atoms with Gasteiger partial charge in [-0.15, -0.1) is 0 Å². The number of benzene rings is 1. The summed E-state index contributed by atoms with van der Waals surface area (Å²) in [5.74, 6) is 2.01. The third-order valence-electron chi connectivity index (χ3n) is 4.06. The zero-order valence-corrected chi connectivity index (χ0v) is 14.8. The summed E-state index contributed by atoms with van der Waals surface area (Å²) < 4.78 is 17.0. The number of rotatable bonds is 8. The van der Waals surface area contributed by atoms with Gasteiger partial charge in [-0.05, 0) is 51.8 Å². The van der Waals surface area contributed by atoms with Crippen LogP contribution in [0.4, 0.5) is 0 Å². The molecule has 1 unspecified atom stereocenters. The topological polar surface area (TPSA) is 74.0 Å². The van der Waals surface area contributed by atoms with Gasteiger partial charge in [0.1, 0.15) is 0 Å². The van der Waals surface area contributed by atoms with E-state index in [4.69, 9.17) is 19.9 Å². The fourth-order valence-electron chi connectivity index (χ4n) is 2.90. The number of ether oxygens (including phenoxy) is 3. The predicted octanol–water partition coefficient (Wildman–Crippen LogP) is 2.30. The van der Waals surface area contributed by atoms with Crippen LogP contribution in [0.2, 0.25) is 0 Å². The van der Waals surface area contributed by atoms with E-state index in [9.17, 15) is 4.79 Å². The van der Waals surface area contributed by atoms with Crippen LogP contribution in [0.15, 0.2) is 12.1 Å². The van der Waals surface area contributed by atoms with Crippen molar-refractivity contribution >= 4 is 5.91 Å². The lowest BCUT2D eigenvalue weighted by molar-refractivity contribution is 0.0786. The van der Waals surface area contributed by atoms with Crippen LogP contribution in [0.1, 0.15) is 37.6 Å². The van der Waals surface area contributed by atoms with E-state index >= 15 is 0 Å². The van der Waals surface area contributed by atoms with E-state index in [1.165, 1.54) is 0 Å². The van der Waals surface area contributed by atoms with Gasteiger partial charge in [-0.1, -0.05) is 0 Å². The number of hydrogen-bond donors (Lipinski definition) is 1. The standard InChI is InChI=1S/C18H28N2O4/c1-4-22-15-9-14(10-16(23-5-2)17(15)24-6-3)18(21)20-8-7-13(11-19)12-20/h9-10,13H,4-8,11-12,19H2,1-3H3. The normalized spacial score (nSPS) is 17.0. The highest BCUT2D eigenvalue weighted by atomic mass is 16.5. The molecule has 1 fully saturated rings. The molecular weight excluding hydrogens is 308 g/mol. The second-order valence-electron chi connectivity index (χ2n) is 5.74. The van der Waals surface area contributed by atoms with E-state index in [1.807, 2.05) is 25.7 Å². The second kappa shape index (κ2) is 8.78. The molecular formula is C18H28N2O4. The lowest BCUT2D eigenvalue weighted by Gasteiger charge is -2.20. The fourth-order valence-corrected chi connectivity index (χ4v) is 2.90. The van der Waals surface area contributed by atoms with Gasteiger partial charge in [0.15, 0.2) is 11.5 Å². The van der Waals surface area contributed by atoms with Gasteiger partial charge in [-0.2, -0.15) is 0 Å². The van der Waals surface area contributed by atoms with E-state index in [-0.39, 0.29) is 5.91 Å². The third kappa shape index (κ3) is 4.12. The molecule has 1 aliphatic rings. The van der Waals surface area contributed by atoms with Gasteiger partial charge in [-0.3, -0.25) is 4.79 Å². The van der Waals surface area contributed by atoms with Crippen molar-refractivity contribution < 1.29 is 19.0 Å². The Morgan fingerprint density at radius 3 is 2.17 bits per heavy atom. The minimum absolute atomic E-state index is 0.0177. The quantitative estimate of drug-likeness (QED) is 0.788. The first-order chi connectivity index (χ1) is 11.6. The first-order valence-electron chi connectivity index (χ1n) is 8.70. The molecule has 1 atom stereocenters. The molecule has 24 heavy (non-hydrogen) atoms. The molecule has 1 aromatic rings. The summed E-state index contributed by atoms with van der Waals surface area (Å²) >= 11 is 0. The van der Waals surface area contributed by atoms with Crippen molar-refractivity contribution in [1.82, 2.24) is 4.90 Å². The van der Waals surface area contributed by atoms with Crippen molar-refractivity contribution in [2.75, 3.05) is 39.5 Å². The van der Waals surface area contributed by atoms with Gasteiger partial charge in [0.05, 0.1) is 19.8 Å². The molecule has 1 amide bonds. The summed E-state index contributed by atoms with van der Waals surface area (Å²) in [4.78, 5) is 14.7. The summed E-state index contributed by atoms with van der Waals surface area (Å²) in [5.41, 5.74) is 6.28. The van der Waals surface area contributed by atoms with E-state index in [1.54, 1.807) is 12.1 Å². The lowest BCUT2D eigenvalue weighted by atomic mass is 10.1. The molecule has 0 aliphatic carbocycles. The fraction of sp³-hybridized carbons (Fsp3) is 0.611. The number of hydrogen-bond acceptors (Lipinski definition) is 5. The first-order valence-corrected chi connectivity index (χ1v) is 8.70. The number of nitrogens with zero attached hydrogens (tertiary/aromatic N) is 1. The Bertz CT molecular complexity index is 535. The molecule has 6 nitrogen and oxygen atoms in total. The van der Waals surface area contributed by atoms with Crippen LogP contribution < -0.4 is 19.9 Å². The van der Waals surface area contributed by atoms with Crippen molar-refractivity contribution in [3.63, 3.8) is 0 Å². The Morgan fingerprint density at radius 1 is 1.12 bits per heavy atom. The highest BCUT2D eigenvalue weighted by Crippen LogP contribution is 2.39. The van der Waals surface area contributed by atoms with Gasteiger partial charge in [0.25, 0.3) is 5.91 Å². The largest absolute Gasteiger partial charge is 0.490 e. The summed E-state index contributed by atoms with van der Waals surface area (Å²) in [6.45, 7) is 9.23. The zero-order chi connectivity index (χ0) is 17.5. The number of nitrogens with two attached hydrogens (primary N) is 1. The van der Waals surface area contributed by atoms with Crippen molar-refractivity contribution in [1.29, 1.82) is 0 Å². The van der Waals surface area contributed by atoms with Crippen LogP contribution in [-0.4, -0.2) is 50.3 Å². The molecule has 2 rings (SSSR count). The molecule has 2 N–H and O–H groups in total. The van der Waals surface area contributed by atoms with Crippen LogP contribution in [-0.2, 0) is 0 Å². The molecule has 0 saturated carbocycles. The summed E-state index contributed by atoms with van der Waals surface area (Å²) in [5, 5.41) is 0. The average molecular weight is 336 g/mol. The van der Waals surface area contributed by atoms with Crippen LogP contribution in [0, 0.1) is 5.92 Å². The number of likely N-dealkylation sites (tertiary alicyclic amines) is 1. The highest BCUT2D eigenvalue weighted by molar-refractivity contribution is 5.95. The van der Waals surface area contributed by atoms with Gasteiger partial charge in [0, 0.05) is 18.7 Å². The smallest absolute Gasteiger partial charge is 0.254 e. The number of carbonyl (C=O) groups excluding carboxylic acids is 1. The minimum atomic E-state index is -0.0177. The number of carbonyl (C=O) groups is 1. The molecule has 1 saturated heterocycles. The van der Waals surface area contributed by atoms with E-state index in [0.29, 0.717) is 61.6 Å². The molecule has 6 heteroatoms. The Balaban J connectivity index is 2.33. The molecule has 0 aromatic heterocycles. The maximum absolute atomic E-state index is 12.8. The van der Waals surface area contributed by atoms with Crippen molar-refractivity contribution in [2.45, 2.75) is 27.2 Å².